The fourth-order valence-corrected chi connectivity index (χ4v) is 5.52. The van der Waals surface area contributed by atoms with Gasteiger partial charge in [0.2, 0.25) is 0 Å². The molecule has 0 radical (unpaired) electrons. The van der Waals surface area contributed by atoms with Gasteiger partial charge in [-0.2, -0.15) is 0 Å². The number of hydrogen-bond acceptors (Lipinski definition) is 4. The summed E-state index contributed by atoms with van der Waals surface area (Å²) >= 11 is 0. The van der Waals surface area contributed by atoms with Crippen molar-refractivity contribution in [2.75, 3.05) is 26.4 Å². The van der Waals surface area contributed by atoms with Crippen LogP contribution in [0.3, 0.4) is 0 Å². The van der Waals surface area contributed by atoms with Crippen LogP contribution in [0.2, 0.25) is 0 Å². The first-order chi connectivity index (χ1) is 17.8. The Kier molecular flexibility index (Phi) is 5.30. The van der Waals surface area contributed by atoms with Crippen LogP contribution in [0.4, 0.5) is 0 Å². The Balaban J connectivity index is 1.32. The molecule has 7 rings (SSSR count). The highest BCUT2D eigenvalue weighted by atomic mass is 16.6. The Morgan fingerprint density at radius 2 is 1.11 bits per heavy atom. The van der Waals surface area contributed by atoms with Gasteiger partial charge in [0.05, 0.1) is 31.3 Å². The van der Waals surface area contributed by atoms with E-state index in [2.05, 4.69) is 97.1 Å². The van der Waals surface area contributed by atoms with Crippen molar-refractivity contribution < 1.29 is 18.9 Å². The van der Waals surface area contributed by atoms with Crippen LogP contribution in [0.5, 0.6) is 11.5 Å². The number of rotatable bonds is 9. The second kappa shape index (κ2) is 8.81. The first-order valence-electron chi connectivity index (χ1n) is 12.7. The molecule has 4 heteroatoms. The van der Waals surface area contributed by atoms with E-state index in [1.54, 1.807) is 0 Å². The standard InChI is InChI=1S/C32H28O4/c1-3-7-30-28(5-1)29-6-2-4-8-31(29)32(30,23-11-15-25(16-12-23)34-20-27-21-36-27)22-9-13-24(14-10-22)33-18-17-26-19-35-26/h1-16,26-27H,17-21H2. The normalized spacial score (nSPS) is 20.3. The average Bonchev–Trinajstić information content (AvgIpc) is 3.87. The summed E-state index contributed by atoms with van der Waals surface area (Å²) in [5.41, 5.74) is 7.17. The van der Waals surface area contributed by atoms with Crippen LogP contribution in [-0.4, -0.2) is 38.6 Å². The molecule has 2 atom stereocenters. The van der Waals surface area contributed by atoms with Crippen molar-refractivity contribution in [1.29, 1.82) is 0 Å². The van der Waals surface area contributed by atoms with Gasteiger partial charge in [0.25, 0.3) is 0 Å². The summed E-state index contributed by atoms with van der Waals surface area (Å²) in [7, 11) is 0. The Hall–Kier alpha value is -3.60. The Morgan fingerprint density at radius 1 is 0.611 bits per heavy atom. The predicted molar refractivity (Wildman–Crippen MR) is 139 cm³/mol. The molecule has 2 unspecified atom stereocenters. The highest BCUT2D eigenvalue weighted by Gasteiger charge is 2.45. The minimum absolute atomic E-state index is 0.238. The van der Waals surface area contributed by atoms with Crippen LogP contribution in [-0.2, 0) is 14.9 Å². The lowest BCUT2D eigenvalue weighted by molar-refractivity contribution is 0.263. The van der Waals surface area contributed by atoms with Gasteiger partial charge in [-0.3, -0.25) is 0 Å². The first-order valence-corrected chi connectivity index (χ1v) is 12.7. The van der Waals surface area contributed by atoms with Crippen LogP contribution in [0.25, 0.3) is 11.1 Å². The molecule has 4 aromatic carbocycles. The fourth-order valence-electron chi connectivity index (χ4n) is 5.52. The molecule has 1 aliphatic carbocycles. The Labute approximate surface area is 211 Å². The topological polar surface area (TPSA) is 43.5 Å². The number of epoxide rings is 2. The molecule has 0 bridgehead atoms. The van der Waals surface area contributed by atoms with Crippen LogP contribution in [0, 0.1) is 0 Å². The van der Waals surface area contributed by atoms with Gasteiger partial charge < -0.3 is 18.9 Å². The number of benzene rings is 4. The smallest absolute Gasteiger partial charge is 0.119 e. The third kappa shape index (κ3) is 3.78. The maximum atomic E-state index is 6.01. The molecule has 0 N–H and O–H groups in total. The van der Waals surface area contributed by atoms with Crippen molar-refractivity contribution in [2.24, 2.45) is 0 Å². The van der Waals surface area contributed by atoms with Gasteiger partial charge in [0.1, 0.15) is 24.2 Å². The minimum Gasteiger partial charge on any atom is -0.493 e. The molecule has 4 nitrogen and oxygen atoms in total. The van der Waals surface area contributed by atoms with E-state index >= 15 is 0 Å². The number of ether oxygens (including phenoxy) is 4. The Morgan fingerprint density at radius 3 is 1.64 bits per heavy atom. The van der Waals surface area contributed by atoms with E-state index in [1.165, 1.54) is 33.4 Å². The summed E-state index contributed by atoms with van der Waals surface area (Å²) in [6.45, 7) is 2.93. The molecule has 180 valence electrons. The lowest BCUT2D eigenvalue weighted by Gasteiger charge is -2.34. The third-order valence-corrected chi connectivity index (χ3v) is 7.48. The van der Waals surface area contributed by atoms with E-state index in [0.29, 0.717) is 19.3 Å². The summed E-state index contributed by atoms with van der Waals surface area (Å²) in [5, 5.41) is 0. The van der Waals surface area contributed by atoms with Crippen molar-refractivity contribution in [1.82, 2.24) is 0 Å². The quantitative estimate of drug-likeness (QED) is 0.245. The fraction of sp³-hybridized carbons (Fsp3) is 0.250. The number of hydrogen-bond donors (Lipinski definition) is 0. The lowest BCUT2D eigenvalue weighted by atomic mass is 9.68. The minimum atomic E-state index is -0.425. The van der Waals surface area contributed by atoms with E-state index in [9.17, 15) is 0 Å². The summed E-state index contributed by atoms with van der Waals surface area (Å²) in [4.78, 5) is 0. The largest absolute Gasteiger partial charge is 0.493 e. The van der Waals surface area contributed by atoms with Gasteiger partial charge >= 0.3 is 0 Å². The van der Waals surface area contributed by atoms with Crippen LogP contribution in [0.1, 0.15) is 28.7 Å². The van der Waals surface area contributed by atoms with Gasteiger partial charge in [0, 0.05) is 6.42 Å². The van der Waals surface area contributed by atoms with Gasteiger partial charge in [-0.25, -0.2) is 0 Å². The SMILES string of the molecule is c1ccc2c(c1)-c1ccccc1C2(c1ccc(OCCC2CO2)cc1)c1ccc(OCC2CO2)cc1. The number of fused-ring (bicyclic) bond motifs is 3. The van der Waals surface area contributed by atoms with E-state index < -0.39 is 5.41 Å². The van der Waals surface area contributed by atoms with Crippen molar-refractivity contribution in [3.8, 4) is 22.6 Å². The molecular formula is C32H28O4. The van der Waals surface area contributed by atoms with E-state index in [4.69, 9.17) is 18.9 Å². The molecule has 0 spiro atoms. The van der Waals surface area contributed by atoms with Crippen molar-refractivity contribution in [3.05, 3.63) is 119 Å². The maximum absolute atomic E-state index is 6.01. The molecule has 36 heavy (non-hydrogen) atoms. The van der Waals surface area contributed by atoms with Gasteiger partial charge in [0.15, 0.2) is 0 Å². The molecule has 0 saturated carbocycles. The second-order valence-corrected chi connectivity index (χ2v) is 9.75. The molecule has 4 aromatic rings. The monoisotopic (exact) mass is 476 g/mol. The highest BCUT2D eigenvalue weighted by molar-refractivity contribution is 5.86. The van der Waals surface area contributed by atoms with Gasteiger partial charge in [-0.05, 0) is 57.6 Å². The molecule has 2 fully saturated rings. The lowest BCUT2D eigenvalue weighted by Crippen LogP contribution is -2.28. The molecule has 2 aliphatic heterocycles. The molecular weight excluding hydrogens is 448 g/mol. The predicted octanol–water partition coefficient (Wildman–Crippen LogP) is 6.00. The third-order valence-electron chi connectivity index (χ3n) is 7.48. The first kappa shape index (κ1) is 21.7. The molecule has 0 amide bonds. The van der Waals surface area contributed by atoms with E-state index in [1.807, 2.05) is 0 Å². The summed E-state index contributed by atoms with van der Waals surface area (Å²) in [6.07, 6.45) is 1.55. The molecule has 3 aliphatic rings. The van der Waals surface area contributed by atoms with Crippen LogP contribution >= 0.6 is 0 Å². The summed E-state index contributed by atoms with van der Waals surface area (Å²) in [5.74, 6) is 1.76. The van der Waals surface area contributed by atoms with Crippen molar-refractivity contribution in [2.45, 2.75) is 24.0 Å². The summed E-state index contributed by atoms with van der Waals surface area (Å²) < 4.78 is 22.6. The zero-order chi connectivity index (χ0) is 24.0. The maximum Gasteiger partial charge on any atom is 0.119 e. The molecule has 2 heterocycles. The van der Waals surface area contributed by atoms with Crippen molar-refractivity contribution >= 4 is 0 Å². The highest BCUT2D eigenvalue weighted by Crippen LogP contribution is 2.56. The van der Waals surface area contributed by atoms with E-state index in [0.717, 1.165) is 31.1 Å². The zero-order valence-electron chi connectivity index (χ0n) is 20.1. The van der Waals surface area contributed by atoms with Gasteiger partial charge in [-0.1, -0.05) is 72.8 Å². The van der Waals surface area contributed by atoms with E-state index in [-0.39, 0.29) is 6.10 Å². The molecule has 2 saturated heterocycles. The summed E-state index contributed by atoms with van der Waals surface area (Å²) in [6, 6.07) is 34.8. The Bertz CT molecular complexity index is 1320. The molecule has 0 aromatic heterocycles. The van der Waals surface area contributed by atoms with Gasteiger partial charge in [-0.15, -0.1) is 0 Å². The van der Waals surface area contributed by atoms with Crippen molar-refractivity contribution in [3.63, 3.8) is 0 Å². The zero-order valence-corrected chi connectivity index (χ0v) is 20.1. The second-order valence-electron chi connectivity index (χ2n) is 9.75. The van der Waals surface area contributed by atoms with Crippen LogP contribution < -0.4 is 9.47 Å². The average molecular weight is 477 g/mol. The van der Waals surface area contributed by atoms with Crippen LogP contribution in [0.15, 0.2) is 97.1 Å².